The molecule has 2 aromatic rings. The normalized spacial score (nSPS) is 16.4. The lowest BCUT2D eigenvalue weighted by Gasteiger charge is -2.12. The van der Waals surface area contributed by atoms with E-state index in [9.17, 15) is 9.18 Å². The Morgan fingerprint density at radius 2 is 2.09 bits per heavy atom. The monoisotopic (exact) mass is 297 g/mol. The van der Waals surface area contributed by atoms with Crippen molar-refractivity contribution < 1.29 is 9.18 Å². The summed E-state index contributed by atoms with van der Waals surface area (Å²) >= 11 is 0. The van der Waals surface area contributed by atoms with E-state index in [1.165, 1.54) is 17.2 Å². The van der Waals surface area contributed by atoms with Crippen molar-refractivity contribution in [3.8, 4) is 0 Å². The van der Waals surface area contributed by atoms with Gasteiger partial charge in [0.15, 0.2) is 0 Å². The van der Waals surface area contributed by atoms with Crippen LogP contribution in [0.15, 0.2) is 42.5 Å². The Kier molecular flexibility index (Phi) is 4.23. The number of carbonyl (C=O) groups is 1. The molecule has 0 aliphatic heterocycles. The third kappa shape index (κ3) is 3.19. The Morgan fingerprint density at radius 1 is 1.27 bits per heavy atom. The summed E-state index contributed by atoms with van der Waals surface area (Å²) < 4.78 is 13.5. The molecule has 0 fully saturated rings. The first-order valence-electron chi connectivity index (χ1n) is 7.73. The topological polar surface area (TPSA) is 29.1 Å². The van der Waals surface area contributed by atoms with Gasteiger partial charge in [0, 0.05) is 13.0 Å². The quantitative estimate of drug-likeness (QED) is 0.912. The van der Waals surface area contributed by atoms with Crippen LogP contribution in [0.1, 0.15) is 41.0 Å². The fourth-order valence-corrected chi connectivity index (χ4v) is 3.10. The Bertz CT molecular complexity index is 696. The number of benzene rings is 2. The van der Waals surface area contributed by atoms with E-state index < -0.39 is 0 Å². The minimum Gasteiger partial charge on any atom is -0.352 e. The Balaban J connectivity index is 1.56. The molecule has 3 heteroatoms. The van der Waals surface area contributed by atoms with Gasteiger partial charge >= 0.3 is 0 Å². The van der Waals surface area contributed by atoms with E-state index in [4.69, 9.17) is 0 Å². The minimum atomic E-state index is -0.225. The maximum atomic E-state index is 13.5. The molecule has 0 heterocycles. The summed E-state index contributed by atoms with van der Waals surface area (Å²) in [5, 5.41) is 2.90. The molecular weight excluding hydrogens is 277 g/mol. The molecule has 0 spiro atoms. The highest BCUT2D eigenvalue weighted by molar-refractivity contribution is 5.77. The first kappa shape index (κ1) is 14.8. The molecule has 0 bridgehead atoms. The number of nitrogens with one attached hydrogen (secondary N) is 1. The van der Waals surface area contributed by atoms with Gasteiger partial charge in [0.1, 0.15) is 5.82 Å². The molecule has 22 heavy (non-hydrogen) atoms. The summed E-state index contributed by atoms with van der Waals surface area (Å²) in [6.45, 7) is 2.11. The predicted octanol–water partition coefficient (Wildman–Crippen LogP) is 3.87. The smallest absolute Gasteiger partial charge is 0.220 e. The maximum Gasteiger partial charge on any atom is 0.220 e. The van der Waals surface area contributed by atoms with Crippen molar-refractivity contribution in [2.24, 2.45) is 0 Å². The van der Waals surface area contributed by atoms with Gasteiger partial charge in [0.25, 0.3) is 0 Å². The summed E-state index contributed by atoms with van der Waals surface area (Å²) in [5.74, 6) is 0.116. The average molecular weight is 297 g/mol. The number of halogens is 1. The van der Waals surface area contributed by atoms with E-state index in [1.54, 1.807) is 13.0 Å². The number of aryl methyl sites for hydroxylation is 2. The lowest BCUT2D eigenvalue weighted by atomic mass is 9.97. The van der Waals surface area contributed by atoms with Crippen molar-refractivity contribution in [2.75, 3.05) is 0 Å². The fraction of sp³-hybridized carbons (Fsp3) is 0.316. The molecule has 1 unspecified atom stereocenters. The molecule has 0 saturated heterocycles. The van der Waals surface area contributed by atoms with Crippen LogP contribution in [-0.2, 0) is 17.8 Å². The van der Waals surface area contributed by atoms with Crippen LogP contribution in [-0.4, -0.2) is 5.91 Å². The van der Waals surface area contributed by atoms with E-state index in [0.29, 0.717) is 24.4 Å². The van der Waals surface area contributed by atoms with Gasteiger partial charge < -0.3 is 5.32 Å². The Hall–Kier alpha value is -2.16. The summed E-state index contributed by atoms with van der Waals surface area (Å²) in [5.41, 5.74) is 4.08. The van der Waals surface area contributed by atoms with Crippen LogP contribution in [0.5, 0.6) is 0 Å². The summed E-state index contributed by atoms with van der Waals surface area (Å²) in [6.07, 6.45) is 2.59. The molecule has 114 valence electrons. The van der Waals surface area contributed by atoms with E-state index in [1.807, 2.05) is 18.2 Å². The predicted molar refractivity (Wildman–Crippen MR) is 85.1 cm³/mol. The number of hydrogen-bond donors (Lipinski definition) is 1. The van der Waals surface area contributed by atoms with Crippen LogP contribution >= 0.6 is 0 Å². The van der Waals surface area contributed by atoms with Crippen LogP contribution in [0.25, 0.3) is 0 Å². The molecule has 2 nitrogen and oxygen atoms in total. The lowest BCUT2D eigenvalue weighted by Crippen LogP contribution is -2.24. The highest BCUT2D eigenvalue weighted by Gasteiger charge is 2.23. The molecule has 1 amide bonds. The van der Waals surface area contributed by atoms with Gasteiger partial charge in [0.05, 0.1) is 0 Å². The molecule has 0 saturated carbocycles. The number of amides is 1. The Labute approximate surface area is 130 Å². The van der Waals surface area contributed by atoms with Gasteiger partial charge in [0.2, 0.25) is 5.91 Å². The summed E-state index contributed by atoms with van der Waals surface area (Å²) in [6, 6.07) is 13.4. The summed E-state index contributed by atoms with van der Waals surface area (Å²) in [7, 11) is 0. The van der Waals surface area contributed by atoms with Crippen LogP contribution in [0.3, 0.4) is 0 Å². The van der Waals surface area contributed by atoms with Gasteiger partial charge in [-0.25, -0.2) is 4.39 Å². The fourth-order valence-electron chi connectivity index (χ4n) is 3.10. The molecule has 2 aromatic carbocycles. The van der Waals surface area contributed by atoms with E-state index >= 15 is 0 Å². The van der Waals surface area contributed by atoms with E-state index in [2.05, 4.69) is 17.4 Å². The van der Waals surface area contributed by atoms with Gasteiger partial charge in [-0.1, -0.05) is 36.4 Å². The van der Waals surface area contributed by atoms with Crippen molar-refractivity contribution in [3.05, 3.63) is 70.5 Å². The number of fused-ring (bicyclic) bond motifs is 1. The van der Waals surface area contributed by atoms with Crippen molar-refractivity contribution >= 4 is 5.91 Å². The van der Waals surface area contributed by atoms with Crippen LogP contribution in [0.2, 0.25) is 0 Å². The van der Waals surface area contributed by atoms with Crippen molar-refractivity contribution in [1.82, 2.24) is 5.32 Å². The molecule has 0 aromatic heterocycles. The lowest BCUT2D eigenvalue weighted by molar-refractivity contribution is -0.121. The second kappa shape index (κ2) is 6.30. The van der Waals surface area contributed by atoms with Crippen molar-refractivity contribution in [2.45, 2.75) is 38.6 Å². The molecule has 1 atom stereocenters. The number of carbonyl (C=O) groups excluding carboxylic acids is 1. The first-order valence-corrected chi connectivity index (χ1v) is 7.73. The van der Waals surface area contributed by atoms with Crippen LogP contribution in [0, 0.1) is 12.7 Å². The second-order valence-electron chi connectivity index (χ2n) is 6.00. The van der Waals surface area contributed by atoms with Gasteiger partial charge in [-0.15, -0.1) is 0 Å². The highest BCUT2D eigenvalue weighted by atomic mass is 19.1. The molecule has 3 rings (SSSR count). The largest absolute Gasteiger partial charge is 0.352 e. The zero-order chi connectivity index (χ0) is 15.5. The third-order valence-electron chi connectivity index (χ3n) is 4.41. The molecule has 0 radical (unpaired) electrons. The molecule has 1 aliphatic carbocycles. The highest BCUT2D eigenvalue weighted by Crippen LogP contribution is 2.35. The van der Waals surface area contributed by atoms with E-state index in [0.717, 1.165) is 18.4 Å². The zero-order valence-electron chi connectivity index (χ0n) is 12.7. The minimum absolute atomic E-state index is 0.0303. The zero-order valence-corrected chi connectivity index (χ0v) is 12.7. The molecular formula is C19H20FNO. The van der Waals surface area contributed by atoms with Crippen molar-refractivity contribution in [1.29, 1.82) is 0 Å². The van der Waals surface area contributed by atoms with Gasteiger partial charge in [-0.2, -0.15) is 0 Å². The third-order valence-corrected chi connectivity index (χ3v) is 4.41. The average Bonchev–Trinajstić information content (AvgIpc) is 2.92. The SMILES string of the molecule is Cc1ccc(CNC(=O)CC2CCc3ccccc32)cc1F. The number of rotatable bonds is 4. The maximum absolute atomic E-state index is 13.5. The Morgan fingerprint density at radius 3 is 2.91 bits per heavy atom. The second-order valence-corrected chi connectivity index (χ2v) is 6.00. The molecule has 1 aliphatic rings. The number of hydrogen-bond acceptors (Lipinski definition) is 1. The van der Waals surface area contributed by atoms with Crippen LogP contribution in [0.4, 0.5) is 4.39 Å². The molecule has 1 N–H and O–H groups in total. The van der Waals surface area contributed by atoms with E-state index in [-0.39, 0.29) is 11.7 Å². The van der Waals surface area contributed by atoms with Crippen LogP contribution < -0.4 is 5.32 Å². The van der Waals surface area contributed by atoms with Gasteiger partial charge in [-0.3, -0.25) is 4.79 Å². The van der Waals surface area contributed by atoms with Crippen molar-refractivity contribution in [3.63, 3.8) is 0 Å². The first-order chi connectivity index (χ1) is 10.6. The van der Waals surface area contributed by atoms with Gasteiger partial charge in [-0.05, 0) is 54.0 Å². The standard InChI is InChI=1S/C19H20FNO/c1-13-6-7-14(10-18(13)20)12-21-19(22)11-16-9-8-15-4-2-3-5-17(15)16/h2-7,10,16H,8-9,11-12H2,1H3,(H,21,22). The summed E-state index contributed by atoms with van der Waals surface area (Å²) in [4.78, 5) is 12.1.